The minimum absolute atomic E-state index is 0.0405. The lowest BCUT2D eigenvalue weighted by Gasteiger charge is -2.14. The van der Waals surface area contributed by atoms with Crippen molar-refractivity contribution in [1.82, 2.24) is 9.78 Å². The molecule has 0 fully saturated rings. The molecule has 0 aliphatic rings. The fourth-order valence-corrected chi connectivity index (χ4v) is 2.30. The van der Waals surface area contributed by atoms with Crippen LogP contribution >= 0.6 is 0 Å². The molecular weight excluding hydrogens is 296 g/mol. The zero-order valence-electron chi connectivity index (χ0n) is 11.1. The summed E-state index contributed by atoms with van der Waals surface area (Å²) in [6.45, 7) is 0. The minimum Gasteiger partial charge on any atom is -0.479 e. The average Bonchev–Trinajstić information content (AvgIpc) is 2.81. The monoisotopic (exact) mass is 310 g/mol. The number of anilines is 1. The van der Waals surface area contributed by atoms with Gasteiger partial charge in [-0.25, -0.2) is 18.4 Å². The Morgan fingerprint density at radius 2 is 2.00 bits per heavy atom. The highest BCUT2D eigenvalue weighted by atomic mass is 32.2. The largest absolute Gasteiger partial charge is 0.479 e. The van der Waals surface area contributed by atoms with Crippen LogP contribution in [0.3, 0.4) is 0 Å². The van der Waals surface area contributed by atoms with Crippen molar-refractivity contribution in [2.24, 2.45) is 12.2 Å². The van der Waals surface area contributed by atoms with Gasteiger partial charge >= 0.3 is 5.97 Å². The van der Waals surface area contributed by atoms with E-state index in [1.807, 2.05) is 0 Å². The van der Waals surface area contributed by atoms with Gasteiger partial charge in [-0.1, -0.05) is 0 Å². The quantitative estimate of drug-likeness (QED) is 0.729. The molecule has 8 nitrogen and oxygen atoms in total. The van der Waals surface area contributed by atoms with Gasteiger partial charge in [0.25, 0.3) is 0 Å². The van der Waals surface area contributed by atoms with Gasteiger partial charge in [-0.2, -0.15) is 5.10 Å². The molecule has 0 aliphatic carbocycles. The number of hydrogen-bond donors (Lipinski definition) is 3. The maximum absolute atomic E-state index is 11.3. The average molecular weight is 310 g/mol. The summed E-state index contributed by atoms with van der Waals surface area (Å²) in [5.74, 6) is -1.07. The fourth-order valence-electron chi connectivity index (χ4n) is 1.78. The Bertz CT molecular complexity index is 752. The number of hydrogen-bond acceptors (Lipinski definition) is 5. The summed E-state index contributed by atoms with van der Waals surface area (Å²) in [5, 5.41) is 21.0. The second-order valence-electron chi connectivity index (χ2n) is 4.43. The zero-order valence-corrected chi connectivity index (χ0v) is 11.9. The molecule has 1 heterocycles. The number of carbonyl (C=O) groups is 1. The maximum Gasteiger partial charge on any atom is 0.330 e. The number of nitrogens with two attached hydrogens (primary N) is 1. The van der Waals surface area contributed by atoms with Crippen LogP contribution in [0.15, 0.2) is 41.6 Å². The molecule has 2 aromatic rings. The van der Waals surface area contributed by atoms with Crippen LogP contribution in [0.1, 0.15) is 11.6 Å². The number of carboxylic acids is 1. The van der Waals surface area contributed by atoms with Gasteiger partial charge in [0.05, 0.1) is 11.1 Å². The van der Waals surface area contributed by atoms with Gasteiger partial charge in [0.1, 0.15) is 0 Å². The van der Waals surface area contributed by atoms with Crippen molar-refractivity contribution in [3.63, 3.8) is 0 Å². The van der Waals surface area contributed by atoms with Gasteiger partial charge in [0.15, 0.2) is 6.04 Å². The van der Waals surface area contributed by atoms with E-state index in [9.17, 15) is 18.3 Å². The Hall–Kier alpha value is -2.39. The van der Waals surface area contributed by atoms with Crippen molar-refractivity contribution in [2.45, 2.75) is 10.9 Å². The molecule has 1 aromatic heterocycles. The molecule has 0 spiro atoms. The zero-order chi connectivity index (χ0) is 15.6. The predicted molar refractivity (Wildman–Crippen MR) is 75.0 cm³/mol. The highest BCUT2D eigenvalue weighted by Gasteiger charge is 2.21. The van der Waals surface area contributed by atoms with Crippen molar-refractivity contribution < 1.29 is 18.3 Å². The Morgan fingerprint density at radius 1 is 1.38 bits per heavy atom. The van der Waals surface area contributed by atoms with E-state index in [1.54, 1.807) is 13.2 Å². The van der Waals surface area contributed by atoms with Gasteiger partial charge < -0.3 is 10.4 Å². The first kappa shape index (κ1) is 15.0. The van der Waals surface area contributed by atoms with E-state index < -0.39 is 22.0 Å². The number of carboxylic acid groups (broad SMARTS) is 1. The molecule has 2 rings (SSSR count). The number of aryl methyl sites for hydroxylation is 1. The van der Waals surface area contributed by atoms with Crippen LogP contribution in [-0.2, 0) is 21.9 Å². The lowest BCUT2D eigenvalue weighted by molar-refractivity contribution is -0.138. The molecule has 0 aliphatic heterocycles. The molecule has 4 N–H and O–H groups in total. The first-order valence-corrected chi connectivity index (χ1v) is 7.43. The molecule has 0 saturated carbocycles. The third kappa shape index (κ3) is 3.58. The van der Waals surface area contributed by atoms with Gasteiger partial charge in [0, 0.05) is 24.5 Å². The number of aliphatic carboxylic acids is 1. The summed E-state index contributed by atoms with van der Waals surface area (Å²) < 4.78 is 23.8. The second-order valence-corrected chi connectivity index (χ2v) is 5.99. The molecule has 0 bridgehead atoms. The molecule has 21 heavy (non-hydrogen) atoms. The first-order chi connectivity index (χ1) is 9.77. The minimum atomic E-state index is -3.77. The van der Waals surface area contributed by atoms with Crippen LogP contribution in [-0.4, -0.2) is 29.3 Å². The number of nitrogens with zero attached hydrogens (tertiary/aromatic N) is 2. The third-order valence-corrected chi connectivity index (χ3v) is 3.73. The van der Waals surface area contributed by atoms with Crippen molar-refractivity contribution >= 4 is 21.7 Å². The number of benzene rings is 1. The summed E-state index contributed by atoms with van der Waals surface area (Å²) in [4.78, 5) is 11.3. The Kier molecular flexibility index (Phi) is 3.96. The van der Waals surface area contributed by atoms with Crippen LogP contribution < -0.4 is 10.5 Å². The van der Waals surface area contributed by atoms with Crippen molar-refractivity contribution in [2.75, 3.05) is 5.32 Å². The molecule has 112 valence electrons. The van der Waals surface area contributed by atoms with E-state index in [-0.39, 0.29) is 4.90 Å². The molecule has 0 saturated heterocycles. The first-order valence-electron chi connectivity index (χ1n) is 5.88. The van der Waals surface area contributed by atoms with Gasteiger partial charge in [0.2, 0.25) is 10.0 Å². The number of rotatable bonds is 5. The second kappa shape index (κ2) is 5.54. The molecule has 0 radical (unpaired) electrons. The van der Waals surface area contributed by atoms with Gasteiger partial charge in [-0.15, -0.1) is 0 Å². The molecular formula is C12H14N4O4S. The number of aromatic nitrogens is 2. The molecule has 0 amide bonds. The van der Waals surface area contributed by atoms with E-state index in [0.29, 0.717) is 11.3 Å². The van der Waals surface area contributed by atoms with E-state index in [4.69, 9.17) is 5.14 Å². The topological polar surface area (TPSA) is 127 Å². The standard InChI is InChI=1S/C12H14N4O4S/c1-16-7-8(6-14-16)11(12(17)18)15-9-2-4-10(5-3-9)21(13,19)20/h2-7,11,15H,1H3,(H,17,18)(H2,13,19,20). The summed E-state index contributed by atoms with van der Waals surface area (Å²) in [7, 11) is -2.09. The fraction of sp³-hybridized carbons (Fsp3) is 0.167. The number of primary sulfonamides is 1. The van der Waals surface area contributed by atoms with E-state index >= 15 is 0 Å². The molecule has 1 aromatic carbocycles. The Labute approximate surface area is 121 Å². The van der Waals surface area contributed by atoms with Crippen molar-refractivity contribution in [3.8, 4) is 0 Å². The van der Waals surface area contributed by atoms with Crippen LogP contribution in [0, 0.1) is 0 Å². The SMILES string of the molecule is Cn1cc(C(Nc2ccc(S(N)(=O)=O)cc2)C(=O)O)cn1. The Morgan fingerprint density at radius 3 is 2.43 bits per heavy atom. The van der Waals surface area contributed by atoms with Crippen molar-refractivity contribution in [1.29, 1.82) is 0 Å². The van der Waals surface area contributed by atoms with Gasteiger partial charge in [-0.05, 0) is 24.3 Å². The van der Waals surface area contributed by atoms with E-state index in [1.165, 1.54) is 35.1 Å². The summed E-state index contributed by atoms with van der Waals surface area (Å²) >= 11 is 0. The van der Waals surface area contributed by atoms with Crippen LogP contribution in [0.5, 0.6) is 0 Å². The highest BCUT2D eigenvalue weighted by molar-refractivity contribution is 7.89. The lowest BCUT2D eigenvalue weighted by atomic mass is 10.1. The Balaban J connectivity index is 2.24. The molecule has 1 atom stereocenters. The molecule has 1 unspecified atom stereocenters. The third-order valence-electron chi connectivity index (χ3n) is 2.80. The van der Waals surface area contributed by atoms with Gasteiger partial charge in [-0.3, -0.25) is 4.68 Å². The smallest absolute Gasteiger partial charge is 0.330 e. The summed E-state index contributed by atoms with van der Waals surface area (Å²) in [5.41, 5.74) is 0.944. The summed E-state index contributed by atoms with van der Waals surface area (Å²) in [6, 6.07) is 4.52. The van der Waals surface area contributed by atoms with Crippen LogP contribution in [0.4, 0.5) is 5.69 Å². The lowest BCUT2D eigenvalue weighted by Crippen LogP contribution is -2.20. The van der Waals surface area contributed by atoms with Crippen LogP contribution in [0.25, 0.3) is 0 Å². The van der Waals surface area contributed by atoms with Crippen molar-refractivity contribution in [3.05, 3.63) is 42.2 Å². The number of nitrogens with one attached hydrogen (secondary N) is 1. The van der Waals surface area contributed by atoms with Crippen LogP contribution in [0.2, 0.25) is 0 Å². The summed E-state index contributed by atoms with van der Waals surface area (Å²) in [6.07, 6.45) is 3.04. The predicted octanol–water partition coefficient (Wildman–Crippen LogP) is 0.305. The highest BCUT2D eigenvalue weighted by Crippen LogP contribution is 2.20. The maximum atomic E-state index is 11.3. The molecule has 9 heteroatoms. The number of sulfonamides is 1. The van der Waals surface area contributed by atoms with E-state index in [2.05, 4.69) is 10.4 Å². The van der Waals surface area contributed by atoms with E-state index in [0.717, 1.165) is 0 Å². The normalized spacial score (nSPS) is 12.9.